The van der Waals surface area contributed by atoms with Crippen LogP contribution in [0.2, 0.25) is 0 Å². The van der Waals surface area contributed by atoms with Crippen LogP contribution < -0.4 is 4.90 Å². The minimum Gasteiger partial charge on any atom is -0.310 e. The van der Waals surface area contributed by atoms with Gasteiger partial charge in [0.05, 0.1) is 5.69 Å². The zero-order valence-electron chi connectivity index (χ0n) is 22.9. The second-order valence-corrected chi connectivity index (χ2v) is 11.6. The molecule has 0 amide bonds. The topological polar surface area (TPSA) is 3.24 Å². The molecule has 0 aliphatic rings. The first-order valence-electron chi connectivity index (χ1n) is 14.3. The molecule has 8 aromatic rings. The largest absolute Gasteiger partial charge is 0.310 e. The van der Waals surface area contributed by atoms with Crippen molar-refractivity contribution in [3.8, 4) is 22.3 Å². The van der Waals surface area contributed by atoms with Crippen LogP contribution in [0.15, 0.2) is 164 Å². The summed E-state index contributed by atoms with van der Waals surface area (Å²) in [5.41, 5.74) is 8.35. The molecule has 8 rings (SSSR count). The lowest BCUT2D eigenvalue weighted by Gasteiger charge is -2.28. The number of rotatable bonds is 5. The number of thiophene rings is 1. The first kappa shape index (κ1) is 24.6. The van der Waals surface area contributed by atoms with E-state index in [-0.39, 0.29) is 0 Å². The number of nitrogens with zero attached hydrogens (tertiary/aromatic N) is 1. The first-order valence-corrected chi connectivity index (χ1v) is 15.1. The van der Waals surface area contributed by atoms with Crippen LogP contribution in [-0.2, 0) is 0 Å². The molecule has 198 valence electrons. The Morgan fingerprint density at radius 2 is 1.02 bits per heavy atom. The van der Waals surface area contributed by atoms with Crippen LogP contribution in [0, 0.1) is 0 Å². The number of hydrogen-bond acceptors (Lipinski definition) is 2. The fraction of sp³-hybridized carbons (Fsp3) is 0. The van der Waals surface area contributed by atoms with E-state index in [1.807, 2.05) is 11.3 Å². The van der Waals surface area contributed by atoms with Crippen LogP contribution in [0.3, 0.4) is 0 Å². The standard InChI is InChI=1S/C40H27NS/c1-3-11-28(12-4-1)30-21-23-34(24-22-30)41(33-15-5-2-6-16-33)37-26-25-36-35-17-9-10-18-38(35)42-40(36)39(37)32-20-19-29-13-7-8-14-31(29)27-32/h1-27H. The molecule has 42 heavy (non-hydrogen) atoms. The van der Waals surface area contributed by atoms with Crippen molar-refractivity contribution in [2.75, 3.05) is 4.90 Å². The maximum atomic E-state index is 2.41. The Labute approximate surface area is 249 Å². The predicted molar refractivity (Wildman–Crippen MR) is 182 cm³/mol. The summed E-state index contributed by atoms with van der Waals surface area (Å²) in [6.07, 6.45) is 0. The van der Waals surface area contributed by atoms with E-state index in [9.17, 15) is 0 Å². The molecule has 0 unspecified atom stereocenters. The molecular weight excluding hydrogens is 527 g/mol. The van der Waals surface area contributed by atoms with Crippen LogP contribution in [0.5, 0.6) is 0 Å². The van der Waals surface area contributed by atoms with Gasteiger partial charge in [-0.3, -0.25) is 0 Å². The van der Waals surface area contributed by atoms with Crippen molar-refractivity contribution < 1.29 is 0 Å². The van der Waals surface area contributed by atoms with Gasteiger partial charge in [-0.05, 0) is 69.9 Å². The molecule has 0 aliphatic carbocycles. The van der Waals surface area contributed by atoms with Gasteiger partial charge in [0.2, 0.25) is 0 Å². The molecule has 0 saturated heterocycles. The Kier molecular flexibility index (Phi) is 6.05. The third-order valence-corrected chi connectivity index (χ3v) is 9.26. The van der Waals surface area contributed by atoms with Crippen molar-refractivity contribution in [2.45, 2.75) is 0 Å². The highest BCUT2D eigenvalue weighted by atomic mass is 32.1. The maximum Gasteiger partial charge on any atom is 0.0554 e. The van der Waals surface area contributed by atoms with Crippen molar-refractivity contribution in [1.82, 2.24) is 0 Å². The Balaban J connectivity index is 1.40. The quantitative estimate of drug-likeness (QED) is 0.205. The Hall–Kier alpha value is -5.18. The summed E-state index contributed by atoms with van der Waals surface area (Å²) < 4.78 is 2.62. The highest BCUT2D eigenvalue weighted by molar-refractivity contribution is 7.26. The Morgan fingerprint density at radius 3 is 1.83 bits per heavy atom. The van der Waals surface area contributed by atoms with Gasteiger partial charge in [-0.1, -0.05) is 121 Å². The first-order chi connectivity index (χ1) is 20.8. The summed E-state index contributed by atoms with van der Waals surface area (Å²) in [6.45, 7) is 0. The van der Waals surface area contributed by atoms with E-state index in [2.05, 4.69) is 169 Å². The van der Waals surface area contributed by atoms with Crippen molar-refractivity contribution in [3.05, 3.63) is 164 Å². The van der Waals surface area contributed by atoms with Gasteiger partial charge in [0.15, 0.2) is 0 Å². The maximum absolute atomic E-state index is 2.41. The smallest absolute Gasteiger partial charge is 0.0554 e. The summed E-state index contributed by atoms with van der Waals surface area (Å²) in [6, 6.07) is 59.1. The molecule has 0 saturated carbocycles. The average molecular weight is 554 g/mol. The van der Waals surface area contributed by atoms with E-state index in [4.69, 9.17) is 0 Å². The number of fused-ring (bicyclic) bond motifs is 4. The number of benzene rings is 7. The van der Waals surface area contributed by atoms with E-state index in [0.29, 0.717) is 0 Å². The van der Waals surface area contributed by atoms with Gasteiger partial charge in [-0.15, -0.1) is 11.3 Å². The lowest BCUT2D eigenvalue weighted by atomic mass is 9.96. The van der Waals surface area contributed by atoms with Crippen LogP contribution in [0.1, 0.15) is 0 Å². The zero-order chi connectivity index (χ0) is 27.9. The molecule has 2 heteroatoms. The lowest BCUT2D eigenvalue weighted by molar-refractivity contribution is 1.29. The van der Waals surface area contributed by atoms with E-state index in [1.165, 1.54) is 58.9 Å². The van der Waals surface area contributed by atoms with E-state index < -0.39 is 0 Å². The minimum atomic E-state index is 1.13. The fourth-order valence-corrected chi connectivity index (χ4v) is 7.29. The second-order valence-electron chi connectivity index (χ2n) is 10.6. The van der Waals surface area contributed by atoms with Gasteiger partial charge in [-0.25, -0.2) is 0 Å². The zero-order valence-corrected chi connectivity index (χ0v) is 23.8. The molecule has 1 heterocycles. The van der Waals surface area contributed by atoms with Gasteiger partial charge in [0, 0.05) is 37.1 Å². The fourth-order valence-electron chi connectivity index (χ4n) is 6.03. The molecule has 0 radical (unpaired) electrons. The van der Waals surface area contributed by atoms with Crippen molar-refractivity contribution in [2.24, 2.45) is 0 Å². The summed E-state index contributed by atoms with van der Waals surface area (Å²) >= 11 is 1.88. The van der Waals surface area contributed by atoms with Gasteiger partial charge in [0.1, 0.15) is 0 Å². The van der Waals surface area contributed by atoms with Gasteiger partial charge in [0.25, 0.3) is 0 Å². The van der Waals surface area contributed by atoms with Gasteiger partial charge < -0.3 is 4.90 Å². The van der Waals surface area contributed by atoms with Gasteiger partial charge in [-0.2, -0.15) is 0 Å². The normalized spacial score (nSPS) is 11.3. The van der Waals surface area contributed by atoms with Crippen LogP contribution in [0.25, 0.3) is 53.2 Å². The molecule has 1 nitrogen and oxygen atoms in total. The Bertz CT molecular complexity index is 2180. The molecule has 0 aliphatic heterocycles. The van der Waals surface area contributed by atoms with Crippen molar-refractivity contribution in [1.29, 1.82) is 0 Å². The van der Waals surface area contributed by atoms with Gasteiger partial charge >= 0.3 is 0 Å². The molecule has 0 N–H and O–H groups in total. The number of hydrogen-bond donors (Lipinski definition) is 0. The van der Waals surface area contributed by atoms with Crippen molar-refractivity contribution in [3.63, 3.8) is 0 Å². The second kappa shape index (κ2) is 10.3. The minimum absolute atomic E-state index is 1.13. The van der Waals surface area contributed by atoms with E-state index in [0.717, 1.165) is 11.4 Å². The summed E-state index contributed by atoms with van der Waals surface area (Å²) in [5, 5.41) is 5.11. The molecule has 1 aromatic heterocycles. The predicted octanol–water partition coefficient (Wildman–Crippen LogP) is 12.0. The summed E-state index contributed by atoms with van der Waals surface area (Å²) in [7, 11) is 0. The number of anilines is 3. The highest BCUT2D eigenvalue weighted by Gasteiger charge is 2.21. The molecule has 0 bridgehead atoms. The van der Waals surface area contributed by atoms with Crippen LogP contribution in [-0.4, -0.2) is 0 Å². The highest BCUT2D eigenvalue weighted by Crippen LogP contribution is 2.48. The monoisotopic (exact) mass is 553 g/mol. The summed E-state index contributed by atoms with van der Waals surface area (Å²) in [5.74, 6) is 0. The van der Waals surface area contributed by atoms with E-state index in [1.54, 1.807) is 0 Å². The average Bonchev–Trinajstić information content (AvgIpc) is 3.44. The van der Waals surface area contributed by atoms with Crippen LogP contribution in [0.4, 0.5) is 17.1 Å². The number of para-hydroxylation sites is 1. The Morgan fingerprint density at radius 1 is 0.405 bits per heavy atom. The third-order valence-electron chi connectivity index (χ3n) is 8.05. The van der Waals surface area contributed by atoms with E-state index >= 15 is 0 Å². The summed E-state index contributed by atoms with van der Waals surface area (Å²) in [4.78, 5) is 2.41. The SMILES string of the molecule is c1ccc(-c2ccc(N(c3ccccc3)c3ccc4c(sc5ccccc54)c3-c3ccc4ccccc4c3)cc2)cc1. The molecule has 0 fully saturated rings. The molecular formula is C40H27NS. The van der Waals surface area contributed by atoms with Crippen molar-refractivity contribution >= 4 is 59.3 Å². The lowest BCUT2D eigenvalue weighted by Crippen LogP contribution is -2.11. The molecule has 7 aromatic carbocycles. The molecule has 0 atom stereocenters. The third kappa shape index (κ3) is 4.25. The van der Waals surface area contributed by atoms with Crippen LogP contribution >= 0.6 is 11.3 Å². The molecule has 0 spiro atoms.